The molecule has 0 aliphatic carbocycles. The second kappa shape index (κ2) is 5.17. The van der Waals surface area contributed by atoms with Gasteiger partial charge in [0.05, 0.1) is 23.4 Å². The van der Waals surface area contributed by atoms with Crippen LogP contribution in [-0.4, -0.2) is 22.7 Å². The van der Waals surface area contributed by atoms with Gasteiger partial charge >= 0.3 is 0 Å². The van der Waals surface area contributed by atoms with Crippen LogP contribution in [0.3, 0.4) is 0 Å². The Morgan fingerprint density at radius 3 is 2.79 bits per heavy atom. The maximum absolute atomic E-state index is 9.13. The maximum Gasteiger partial charge on any atom is 0.0820 e. The predicted molar refractivity (Wildman–Crippen MR) is 58.6 cm³/mol. The molecule has 14 heavy (non-hydrogen) atoms. The van der Waals surface area contributed by atoms with Crippen LogP contribution in [0, 0.1) is 5.92 Å². The number of hydrogen-bond acceptors (Lipinski definition) is 3. The van der Waals surface area contributed by atoms with Crippen molar-refractivity contribution < 1.29 is 5.11 Å². The average Bonchev–Trinajstić information content (AvgIpc) is 2.16. The van der Waals surface area contributed by atoms with Crippen LogP contribution >= 0.6 is 11.6 Å². The van der Waals surface area contributed by atoms with Crippen molar-refractivity contribution in [2.45, 2.75) is 19.9 Å². The van der Waals surface area contributed by atoms with Gasteiger partial charge < -0.3 is 10.4 Å². The van der Waals surface area contributed by atoms with E-state index < -0.39 is 0 Å². The second-order valence-corrected chi connectivity index (χ2v) is 3.94. The Hall–Kier alpha value is -0.800. The van der Waals surface area contributed by atoms with Gasteiger partial charge in [0.25, 0.3) is 0 Å². The Morgan fingerprint density at radius 2 is 2.29 bits per heavy atom. The fraction of sp³-hybridized carbons (Fsp3) is 0.500. The van der Waals surface area contributed by atoms with Gasteiger partial charge in [0, 0.05) is 12.4 Å². The molecule has 1 atom stereocenters. The molecule has 0 aliphatic rings. The number of anilines is 1. The highest BCUT2D eigenvalue weighted by molar-refractivity contribution is 6.33. The number of rotatable bonds is 4. The smallest absolute Gasteiger partial charge is 0.0820 e. The first kappa shape index (κ1) is 11.3. The Kier molecular flexibility index (Phi) is 4.17. The van der Waals surface area contributed by atoms with Gasteiger partial charge in [-0.3, -0.25) is 4.98 Å². The SMILES string of the molecule is CC(C)[C@@H](CO)Nc1ccncc1Cl. The van der Waals surface area contributed by atoms with E-state index in [-0.39, 0.29) is 12.6 Å². The molecule has 0 spiro atoms. The first-order chi connectivity index (χ1) is 6.65. The van der Waals surface area contributed by atoms with Crippen molar-refractivity contribution in [3.05, 3.63) is 23.5 Å². The average molecular weight is 215 g/mol. The number of aliphatic hydroxyl groups is 1. The van der Waals surface area contributed by atoms with Crippen LogP contribution in [0.25, 0.3) is 0 Å². The fourth-order valence-electron chi connectivity index (χ4n) is 1.12. The summed E-state index contributed by atoms with van der Waals surface area (Å²) in [6.45, 7) is 4.18. The predicted octanol–water partition coefficient (Wildman–Crippen LogP) is 2.16. The van der Waals surface area contributed by atoms with E-state index in [1.165, 1.54) is 0 Å². The molecule has 4 heteroatoms. The van der Waals surface area contributed by atoms with E-state index in [4.69, 9.17) is 16.7 Å². The zero-order chi connectivity index (χ0) is 10.6. The van der Waals surface area contributed by atoms with Crippen LogP contribution in [-0.2, 0) is 0 Å². The van der Waals surface area contributed by atoms with Crippen LogP contribution in [0.2, 0.25) is 5.02 Å². The molecule has 1 aromatic rings. The van der Waals surface area contributed by atoms with Gasteiger partial charge in [-0.1, -0.05) is 25.4 Å². The van der Waals surface area contributed by atoms with Crippen molar-refractivity contribution in [3.8, 4) is 0 Å². The number of aromatic nitrogens is 1. The van der Waals surface area contributed by atoms with Crippen molar-refractivity contribution in [2.24, 2.45) is 5.92 Å². The minimum Gasteiger partial charge on any atom is -0.394 e. The molecule has 0 amide bonds. The van der Waals surface area contributed by atoms with E-state index in [0.717, 1.165) is 5.69 Å². The second-order valence-electron chi connectivity index (χ2n) is 3.53. The molecule has 0 saturated heterocycles. The van der Waals surface area contributed by atoms with Crippen LogP contribution < -0.4 is 5.32 Å². The van der Waals surface area contributed by atoms with Crippen LogP contribution in [0.4, 0.5) is 5.69 Å². The van der Waals surface area contributed by atoms with Gasteiger partial charge in [-0.15, -0.1) is 0 Å². The molecule has 3 nitrogen and oxygen atoms in total. The van der Waals surface area contributed by atoms with Crippen molar-refractivity contribution in [1.29, 1.82) is 0 Å². The maximum atomic E-state index is 9.13. The summed E-state index contributed by atoms with van der Waals surface area (Å²) in [6, 6.07) is 1.82. The van der Waals surface area contributed by atoms with Crippen molar-refractivity contribution in [3.63, 3.8) is 0 Å². The molecule has 0 bridgehead atoms. The number of hydrogen-bond donors (Lipinski definition) is 2. The Bertz CT molecular complexity index is 291. The van der Waals surface area contributed by atoms with Crippen molar-refractivity contribution in [2.75, 3.05) is 11.9 Å². The molecule has 0 fully saturated rings. The van der Waals surface area contributed by atoms with E-state index in [9.17, 15) is 0 Å². The number of pyridine rings is 1. The lowest BCUT2D eigenvalue weighted by Gasteiger charge is -2.21. The van der Waals surface area contributed by atoms with Gasteiger partial charge in [-0.25, -0.2) is 0 Å². The number of halogens is 1. The summed E-state index contributed by atoms with van der Waals surface area (Å²) in [4.78, 5) is 3.89. The molecule has 0 aromatic carbocycles. The number of nitrogens with one attached hydrogen (secondary N) is 1. The number of nitrogens with zero attached hydrogens (tertiary/aromatic N) is 1. The summed E-state index contributed by atoms with van der Waals surface area (Å²) in [6.07, 6.45) is 3.25. The molecule has 0 aliphatic heterocycles. The zero-order valence-corrected chi connectivity index (χ0v) is 9.12. The molecule has 1 aromatic heterocycles. The lowest BCUT2D eigenvalue weighted by atomic mass is 10.1. The summed E-state index contributed by atoms with van der Waals surface area (Å²) >= 11 is 5.92. The highest BCUT2D eigenvalue weighted by Gasteiger charge is 2.12. The Balaban J connectivity index is 2.72. The molecular weight excluding hydrogens is 200 g/mol. The van der Waals surface area contributed by atoms with E-state index in [1.54, 1.807) is 18.5 Å². The van der Waals surface area contributed by atoms with Gasteiger partial charge in [-0.2, -0.15) is 0 Å². The lowest BCUT2D eigenvalue weighted by molar-refractivity contribution is 0.249. The summed E-state index contributed by atoms with van der Waals surface area (Å²) in [5, 5.41) is 12.9. The third kappa shape index (κ3) is 2.86. The highest BCUT2D eigenvalue weighted by atomic mass is 35.5. The molecule has 2 N–H and O–H groups in total. The zero-order valence-electron chi connectivity index (χ0n) is 8.37. The molecule has 0 radical (unpaired) electrons. The lowest BCUT2D eigenvalue weighted by Crippen LogP contribution is -2.29. The monoisotopic (exact) mass is 214 g/mol. The standard InChI is InChI=1S/C10H15ClN2O/c1-7(2)10(6-14)13-9-3-4-12-5-8(9)11/h3-5,7,10,14H,6H2,1-2H3,(H,12,13)/t10-/m1/s1. The van der Waals surface area contributed by atoms with Gasteiger partial charge in [-0.05, 0) is 12.0 Å². The van der Waals surface area contributed by atoms with E-state index in [2.05, 4.69) is 10.3 Å². The highest BCUT2D eigenvalue weighted by Crippen LogP contribution is 2.21. The van der Waals surface area contributed by atoms with E-state index in [1.807, 2.05) is 13.8 Å². The quantitative estimate of drug-likeness (QED) is 0.808. The largest absolute Gasteiger partial charge is 0.394 e. The summed E-state index contributed by atoms with van der Waals surface area (Å²) in [5.41, 5.74) is 0.814. The molecule has 78 valence electrons. The molecule has 1 rings (SSSR count). The van der Waals surface area contributed by atoms with E-state index >= 15 is 0 Å². The minimum atomic E-state index is 0.0231. The van der Waals surface area contributed by atoms with Crippen LogP contribution in [0.15, 0.2) is 18.5 Å². The molecule has 0 saturated carbocycles. The normalized spacial score (nSPS) is 12.9. The topological polar surface area (TPSA) is 45.1 Å². The van der Waals surface area contributed by atoms with E-state index in [0.29, 0.717) is 10.9 Å². The molecular formula is C10H15ClN2O. The van der Waals surface area contributed by atoms with Gasteiger partial charge in [0.2, 0.25) is 0 Å². The Morgan fingerprint density at radius 1 is 1.57 bits per heavy atom. The summed E-state index contributed by atoms with van der Waals surface area (Å²) < 4.78 is 0. The molecule has 1 heterocycles. The van der Waals surface area contributed by atoms with Crippen molar-refractivity contribution in [1.82, 2.24) is 4.98 Å². The first-order valence-electron chi connectivity index (χ1n) is 4.62. The minimum absolute atomic E-state index is 0.0231. The summed E-state index contributed by atoms with van der Waals surface area (Å²) in [7, 11) is 0. The van der Waals surface area contributed by atoms with Crippen molar-refractivity contribution >= 4 is 17.3 Å². The first-order valence-corrected chi connectivity index (χ1v) is 5.00. The van der Waals surface area contributed by atoms with Gasteiger partial charge in [0.1, 0.15) is 0 Å². The van der Waals surface area contributed by atoms with Crippen LogP contribution in [0.1, 0.15) is 13.8 Å². The molecule has 0 unspecified atom stereocenters. The van der Waals surface area contributed by atoms with Gasteiger partial charge in [0.15, 0.2) is 0 Å². The Labute approximate surface area is 89.1 Å². The third-order valence-electron chi connectivity index (χ3n) is 2.11. The fourth-order valence-corrected chi connectivity index (χ4v) is 1.29. The summed E-state index contributed by atoms with van der Waals surface area (Å²) in [5.74, 6) is 0.351. The third-order valence-corrected chi connectivity index (χ3v) is 2.42. The van der Waals surface area contributed by atoms with Crippen LogP contribution in [0.5, 0.6) is 0 Å². The number of aliphatic hydroxyl groups excluding tert-OH is 1.